The van der Waals surface area contributed by atoms with Gasteiger partial charge >= 0.3 is 0 Å². The van der Waals surface area contributed by atoms with Crippen molar-refractivity contribution < 1.29 is 9.53 Å². The van der Waals surface area contributed by atoms with Crippen LogP contribution in [0.1, 0.15) is 34.2 Å². The van der Waals surface area contributed by atoms with Crippen LogP contribution in [0.5, 0.6) is 5.75 Å². The number of ketones is 1. The van der Waals surface area contributed by atoms with E-state index >= 15 is 0 Å². The molecule has 0 bridgehead atoms. The van der Waals surface area contributed by atoms with Gasteiger partial charge in [-0.25, -0.2) is 0 Å². The maximum absolute atomic E-state index is 11.6. The molecule has 0 radical (unpaired) electrons. The van der Waals surface area contributed by atoms with Gasteiger partial charge in [-0.1, -0.05) is 6.07 Å². The van der Waals surface area contributed by atoms with Crippen molar-refractivity contribution >= 4 is 5.78 Å². The maximum Gasteiger partial charge on any atom is 0.161 e. The number of ether oxygens (including phenoxy) is 1. The summed E-state index contributed by atoms with van der Waals surface area (Å²) >= 11 is 0. The van der Waals surface area contributed by atoms with Gasteiger partial charge in [0.1, 0.15) is 5.75 Å². The SMILES string of the molecule is COc1ccc(C)cc1-n1c(C)cc(C(C)=O)c1C. The molecule has 0 saturated heterocycles. The fraction of sp³-hybridized carbons (Fsp3) is 0.312. The zero-order chi connectivity index (χ0) is 14.2. The van der Waals surface area contributed by atoms with Gasteiger partial charge in [-0.2, -0.15) is 0 Å². The zero-order valence-corrected chi connectivity index (χ0v) is 12.1. The van der Waals surface area contributed by atoms with Crippen molar-refractivity contribution in [2.75, 3.05) is 7.11 Å². The van der Waals surface area contributed by atoms with Crippen LogP contribution in [-0.2, 0) is 0 Å². The van der Waals surface area contributed by atoms with Crippen molar-refractivity contribution in [3.63, 3.8) is 0 Å². The molecule has 0 spiro atoms. The smallest absolute Gasteiger partial charge is 0.161 e. The molecule has 0 aliphatic rings. The summed E-state index contributed by atoms with van der Waals surface area (Å²) in [6.07, 6.45) is 0. The van der Waals surface area contributed by atoms with Crippen LogP contribution in [-0.4, -0.2) is 17.5 Å². The molecule has 0 atom stereocenters. The minimum Gasteiger partial charge on any atom is -0.495 e. The molecule has 100 valence electrons. The van der Waals surface area contributed by atoms with Gasteiger partial charge in [-0.3, -0.25) is 4.79 Å². The second kappa shape index (κ2) is 4.92. The number of nitrogens with zero attached hydrogens (tertiary/aromatic N) is 1. The molecule has 0 saturated carbocycles. The average molecular weight is 257 g/mol. The van der Waals surface area contributed by atoms with Crippen LogP contribution < -0.4 is 4.74 Å². The fourth-order valence-corrected chi connectivity index (χ4v) is 2.46. The lowest BCUT2D eigenvalue weighted by molar-refractivity contribution is 0.101. The number of Topliss-reactive ketones (excluding diaryl/α,β-unsaturated/α-hetero) is 1. The van der Waals surface area contributed by atoms with Crippen molar-refractivity contribution in [1.29, 1.82) is 0 Å². The highest BCUT2D eigenvalue weighted by Gasteiger charge is 2.16. The monoisotopic (exact) mass is 257 g/mol. The van der Waals surface area contributed by atoms with Gasteiger partial charge in [-0.05, 0) is 51.5 Å². The third-order valence-corrected chi connectivity index (χ3v) is 3.39. The molecule has 0 amide bonds. The molecule has 0 aliphatic carbocycles. The van der Waals surface area contributed by atoms with E-state index in [4.69, 9.17) is 4.74 Å². The lowest BCUT2D eigenvalue weighted by Gasteiger charge is -2.14. The van der Waals surface area contributed by atoms with Gasteiger partial charge in [0.15, 0.2) is 5.78 Å². The fourth-order valence-electron chi connectivity index (χ4n) is 2.46. The minimum absolute atomic E-state index is 0.0889. The second-order valence-corrected chi connectivity index (χ2v) is 4.85. The van der Waals surface area contributed by atoms with Crippen molar-refractivity contribution in [2.24, 2.45) is 0 Å². The third kappa shape index (κ3) is 2.28. The molecule has 2 aromatic rings. The predicted molar refractivity (Wildman–Crippen MR) is 76.5 cm³/mol. The Morgan fingerprint density at radius 1 is 1.16 bits per heavy atom. The van der Waals surface area contributed by atoms with E-state index in [9.17, 15) is 4.79 Å². The summed E-state index contributed by atoms with van der Waals surface area (Å²) in [4.78, 5) is 11.6. The van der Waals surface area contributed by atoms with Gasteiger partial charge in [0.05, 0.1) is 12.8 Å². The summed E-state index contributed by atoms with van der Waals surface area (Å²) in [5.74, 6) is 0.897. The molecule has 0 unspecified atom stereocenters. The van der Waals surface area contributed by atoms with Crippen LogP contribution in [0.4, 0.5) is 0 Å². The summed E-state index contributed by atoms with van der Waals surface area (Å²) in [5.41, 5.74) is 4.89. The topological polar surface area (TPSA) is 31.2 Å². The molecular formula is C16H19NO2. The van der Waals surface area contributed by atoms with Gasteiger partial charge in [-0.15, -0.1) is 0 Å². The van der Waals surface area contributed by atoms with Gasteiger partial charge in [0.2, 0.25) is 0 Å². The van der Waals surface area contributed by atoms with E-state index in [1.165, 1.54) is 0 Å². The molecule has 2 rings (SSSR count). The number of carbonyl (C=O) groups is 1. The number of benzene rings is 1. The largest absolute Gasteiger partial charge is 0.495 e. The summed E-state index contributed by atoms with van der Waals surface area (Å²) in [6.45, 7) is 7.61. The maximum atomic E-state index is 11.6. The quantitative estimate of drug-likeness (QED) is 0.786. The van der Waals surface area contributed by atoms with E-state index in [0.717, 1.165) is 34.0 Å². The summed E-state index contributed by atoms with van der Waals surface area (Å²) in [6, 6.07) is 7.97. The highest BCUT2D eigenvalue weighted by atomic mass is 16.5. The molecule has 19 heavy (non-hydrogen) atoms. The van der Waals surface area contributed by atoms with Crippen LogP contribution in [0, 0.1) is 20.8 Å². The number of aromatic nitrogens is 1. The second-order valence-electron chi connectivity index (χ2n) is 4.85. The predicted octanol–water partition coefficient (Wildman–Crippen LogP) is 3.61. The van der Waals surface area contributed by atoms with Crippen LogP contribution in [0.15, 0.2) is 24.3 Å². The van der Waals surface area contributed by atoms with E-state index in [1.807, 2.05) is 39.0 Å². The van der Waals surface area contributed by atoms with Gasteiger partial charge in [0, 0.05) is 17.0 Å². The van der Waals surface area contributed by atoms with E-state index < -0.39 is 0 Å². The van der Waals surface area contributed by atoms with Crippen molar-refractivity contribution in [3.8, 4) is 11.4 Å². The number of hydrogen-bond donors (Lipinski definition) is 0. The number of carbonyl (C=O) groups excluding carboxylic acids is 1. The van der Waals surface area contributed by atoms with Crippen LogP contribution in [0.2, 0.25) is 0 Å². The first-order chi connectivity index (χ1) is 8.95. The van der Waals surface area contributed by atoms with Crippen LogP contribution in [0.3, 0.4) is 0 Å². The lowest BCUT2D eigenvalue weighted by atomic mass is 10.1. The Hall–Kier alpha value is -2.03. The first kappa shape index (κ1) is 13.4. The first-order valence-electron chi connectivity index (χ1n) is 6.30. The summed E-state index contributed by atoms with van der Waals surface area (Å²) < 4.78 is 7.50. The third-order valence-electron chi connectivity index (χ3n) is 3.39. The van der Waals surface area contributed by atoms with E-state index in [0.29, 0.717) is 0 Å². The van der Waals surface area contributed by atoms with Crippen LogP contribution in [0.25, 0.3) is 5.69 Å². The van der Waals surface area contributed by atoms with Crippen molar-refractivity contribution in [1.82, 2.24) is 4.57 Å². The standard InChI is InChI=1S/C16H19NO2/c1-10-6-7-16(19-5)15(8-10)17-11(2)9-14(12(17)3)13(4)18/h6-9H,1-5H3. The van der Waals surface area contributed by atoms with Crippen molar-refractivity contribution in [3.05, 3.63) is 46.8 Å². The number of aryl methyl sites for hydroxylation is 2. The Balaban J connectivity index is 2.72. The van der Waals surface area contributed by atoms with Crippen LogP contribution >= 0.6 is 0 Å². The number of rotatable bonds is 3. The van der Waals surface area contributed by atoms with Gasteiger partial charge < -0.3 is 9.30 Å². The molecule has 3 heteroatoms. The average Bonchev–Trinajstić information content (AvgIpc) is 2.65. The summed E-state index contributed by atoms with van der Waals surface area (Å²) in [5, 5.41) is 0. The molecule has 1 heterocycles. The zero-order valence-electron chi connectivity index (χ0n) is 12.1. The number of hydrogen-bond acceptors (Lipinski definition) is 2. The molecule has 1 aromatic heterocycles. The molecule has 0 N–H and O–H groups in total. The number of methoxy groups -OCH3 is 1. The highest BCUT2D eigenvalue weighted by molar-refractivity contribution is 5.95. The Morgan fingerprint density at radius 3 is 2.37 bits per heavy atom. The Kier molecular flexibility index (Phi) is 3.47. The molecule has 1 aromatic carbocycles. The minimum atomic E-state index is 0.0889. The molecule has 0 aliphatic heterocycles. The lowest BCUT2D eigenvalue weighted by Crippen LogP contribution is -2.03. The van der Waals surface area contributed by atoms with E-state index in [2.05, 4.69) is 10.6 Å². The Labute approximate surface area is 113 Å². The molecule has 3 nitrogen and oxygen atoms in total. The van der Waals surface area contributed by atoms with E-state index in [1.54, 1.807) is 14.0 Å². The van der Waals surface area contributed by atoms with Crippen molar-refractivity contribution in [2.45, 2.75) is 27.7 Å². The summed E-state index contributed by atoms with van der Waals surface area (Å²) in [7, 11) is 1.66. The normalized spacial score (nSPS) is 10.6. The molecular weight excluding hydrogens is 238 g/mol. The highest BCUT2D eigenvalue weighted by Crippen LogP contribution is 2.29. The molecule has 0 fully saturated rings. The van der Waals surface area contributed by atoms with E-state index in [-0.39, 0.29) is 5.78 Å². The van der Waals surface area contributed by atoms with Gasteiger partial charge in [0.25, 0.3) is 0 Å². The Morgan fingerprint density at radius 2 is 1.84 bits per heavy atom. The Bertz CT molecular complexity index is 638. The first-order valence-corrected chi connectivity index (χ1v) is 6.30.